The number of urea groups is 1. The number of aryl methyl sites for hydroxylation is 1. The van der Waals surface area contributed by atoms with Gasteiger partial charge >= 0.3 is 6.03 Å². The molecule has 3 nitrogen and oxygen atoms in total. The lowest BCUT2D eigenvalue weighted by Crippen LogP contribution is -2.28. The minimum Gasteiger partial charge on any atom is -0.334 e. The third-order valence-corrected chi connectivity index (χ3v) is 2.69. The molecule has 0 unspecified atom stereocenters. The Hall–Kier alpha value is -2.43. The van der Waals surface area contributed by atoms with Gasteiger partial charge < -0.3 is 10.6 Å². The second-order valence-corrected chi connectivity index (χ2v) is 4.45. The smallest absolute Gasteiger partial charge is 0.319 e. The first-order valence-corrected chi connectivity index (χ1v) is 6.09. The van der Waals surface area contributed by atoms with Crippen LogP contribution in [0, 0.1) is 18.6 Å². The first kappa shape index (κ1) is 14.0. The van der Waals surface area contributed by atoms with Crippen LogP contribution in [-0.4, -0.2) is 6.03 Å². The number of halogens is 2. The van der Waals surface area contributed by atoms with Crippen molar-refractivity contribution in [3.63, 3.8) is 0 Å². The van der Waals surface area contributed by atoms with Crippen LogP contribution in [0.3, 0.4) is 0 Å². The molecule has 0 heterocycles. The summed E-state index contributed by atoms with van der Waals surface area (Å²) in [5.41, 5.74) is 2.15. The average Bonchev–Trinajstić information content (AvgIpc) is 2.37. The number of hydrogen-bond donors (Lipinski definition) is 2. The molecule has 0 aliphatic carbocycles. The fourth-order valence-corrected chi connectivity index (χ4v) is 1.69. The highest BCUT2D eigenvalue weighted by atomic mass is 19.1. The molecule has 0 aliphatic heterocycles. The average molecular weight is 276 g/mol. The second-order valence-electron chi connectivity index (χ2n) is 4.45. The number of anilines is 1. The maximum absolute atomic E-state index is 13.0. The Morgan fingerprint density at radius 1 is 1.05 bits per heavy atom. The number of benzene rings is 2. The largest absolute Gasteiger partial charge is 0.334 e. The van der Waals surface area contributed by atoms with Gasteiger partial charge in [-0.25, -0.2) is 13.6 Å². The molecule has 0 fully saturated rings. The highest BCUT2D eigenvalue weighted by Crippen LogP contribution is 2.12. The van der Waals surface area contributed by atoms with Crippen molar-refractivity contribution in [2.24, 2.45) is 0 Å². The lowest BCUT2D eigenvalue weighted by molar-refractivity contribution is 0.251. The molecule has 2 aromatic carbocycles. The fourth-order valence-electron chi connectivity index (χ4n) is 1.69. The van der Waals surface area contributed by atoms with E-state index in [0.717, 1.165) is 29.3 Å². The van der Waals surface area contributed by atoms with Gasteiger partial charge in [-0.1, -0.05) is 29.8 Å². The maximum Gasteiger partial charge on any atom is 0.319 e. The minimum atomic E-state index is -0.737. The summed E-state index contributed by atoms with van der Waals surface area (Å²) in [5.74, 6) is -1.47. The van der Waals surface area contributed by atoms with Crippen LogP contribution in [0.25, 0.3) is 0 Å². The topological polar surface area (TPSA) is 41.1 Å². The Labute approximate surface area is 115 Å². The maximum atomic E-state index is 13.0. The van der Waals surface area contributed by atoms with Crippen LogP contribution in [0.1, 0.15) is 11.1 Å². The molecule has 20 heavy (non-hydrogen) atoms. The molecule has 0 bridgehead atoms. The molecule has 0 atom stereocenters. The van der Waals surface area contributed by atoms with E-state index in [-0.39, 0.29) is 5.69 Å². The summed E-state index contributed by atoms with van der Waals surface area (Å²) in [6, 6.07) is 10.0. The number of hydrogen-bond acceptors (Lipinski definition) is 1. The van der Waals surface area contributed by atoms with Gasteiger partial charge in [0.15, 0.2) is 0 Å². The van der Waals surface area contributed by atoms with E-state index in [0.29, 0.717) is 6.54 Å². The molecule has 5 heteroatoms. The molecular formula is C15H14F2N2O. The summed E-state index contributed by atoms with van der Waals surface area (Å²) < 4.78 is 25.9. The van der Waals surface area contributed by atoms with E-state index in [1.807, 2.05) is 31.2 Å². The zero-order chi connectivity index (χ0) is 14.5. The predicted molar refractivity (Wildman–Crippen MR) is 73.4 cm³/mol. The molecular weight excluding hydrogens is 262 g/mol. The quantitative estimate of drug-likeness (QED) is 0.883. The van der Waals surface area contributed by atoms with E-state index in [1.165, 1.54) is 0 Å². The zero-order valence-electron chi connectivity index (χ0n) is 10.9. The molecule has 0 aliphatic rings. The van der Waals surface area contributed by atoms with Crippen LogP contribution in [-0.2, 0) is 6.54 Å². The fraction of sp³-hybridized carbons (Fsp3) is 0.133. The van der Waals surface area contributed by atoms with E-state index in [4.69, 9.17) is 0 Å². The molecule has 0 spiro atoms. The Balaban J connectivity index is 1.90. The van der Waals surface area contributed by atoms with Crippen LogP contribution in [0.2, 0.25) is 0 Å². The summed E-state index contributed by atoms with van der Waals surface area (Å²) in [7, 11) is 0. The van der Waals surface area contributed by atoms with Gasteiger partial charge in [-0.15, -0.1) is 0 Å². The first-order valence-electron chi connectivity index (χ1n) is 6.09. The Morgan fingerprint density at radius 3 is 2.25 bits per heavy atom. The molecule has 0 saturated heterocycles. The first-order chi connectivity index (χ1) is 9.52. The summed E-state index contributed by atoms with van der Waals surface area (Å²) in [4.78, 5) is 11.6. The van der Waals surface area contributed by atoms with E-state index in [9.17, 15) is 13.6 Å². The van der Waals surface area contributed by atoms with Crippen LogP contribution in [0.4, 0.5) is 19.3 Å². The number of rotatable bonds is 3. The van der Waals surface area contributed by atoms with Gasteiger partial charge in [0.2, 0.25) is 0 Å². The van der Waals surface area contributed by atoms with Gasteiger partial charge in [0, 0.05) is 18.3 Å². The summed E-state index contributed by atoms with van der Waals surface area (Å²) in [5, 5.41) is 4.99. The van der Waals surface area contributed by atoms with E-state index < -0.39 is 17.7 Å². The summed E-state index contributed by atoms with van der Waals surface area (Å²) in [6.07, 6.45) is 0. The minimum absolute atomic E-state index is 0.0731. The lowest BCUT2D eigenvalue weighted by atomic mass is 10.1. The standard InChI is InChI=1S/C15H14F2N2O/c1-10-2-4-11(5-3-10)9-18-15(20)19-14-7-12(16)6-13(17)8-14/h2-8H,9H2,1H3,(H2,18,19,20). The molecule has 0 radical (unpaired) electrons. The highest BCUT2D eigenvalue weighted by molar-refractivity contribution is 5.89. The number of carbonyl (C=O) groups is 1. The van der Waals surface area contributed by atoms with Crippen LogP contribution < -0.4 is 10.6 Å². The Kier molecular flexibility index (Phi) is 4.30. The third-order valence-electron chi connectivity index (χ3n) is 2.69. The molecule has 0 saturated carbocycles. The lowest BCUT2D eigenvalue weighted by Gasteiger charge is -2.08. The molecule has 2 aromatic rings. The Bertz CT molecular complexity index is 592. The summed E-state index contributed by atoms with van der Waals surface area (Å²) >= 11 is 0. The van der Waals surface area contributed by atoms with Gasteiger partial charge in [-0.3, -0.25) is 0 Å². The van der Waals surface area contributed by atoms with Crippen LogP contribution in [0.5, 0.6) is 0 Å². The third kappa shape index (κ3) is 4.05. The number of carbonyl (C=O) groups excluding carboxylic acids is 1. The van der Waals surface area contributed by atoms with Crippen molar-refractivity contribution in [3.8, 4) is 0 Å². The van der Waals surface area contributed by atoms with Gasteiger partial charge in [-0.05, 0) is 24.6 Å². The molecule has 0 aromatic heterocycles. The van der Waals surface area contributed by atoms with Crippen molar-refractivity contribution in [2.45, 2.75) is 13.5 Å². The van der Waals surface area contributed by atoms with Gasteiger partial charge in [0.1, 0.15) is 11.6 Å². The summed E-state index contributed by atoms with van der Waals surface area (Å²) in [6.45, 7) is 2.31. The van der Waals surface area contributed by atoms with Crippen LogP contribution >= 0.6 is 0 Å². The van der Waals surface area contributed by atoms with E-state index >= 15 is 0 Å². The van der Waals surface area contributed by atoms with Gasteiger partial charge in [-0.2, -0.15) is 0 Å². The van der Waals surface area contributed by atoms with Crippen molar-refractivity contribution in [1.29, 1.82) is 0 Å². The van der Waals surface area contributed by atoms with Crippen molar-refractivity contribution >= 4 is 11.7 Å². The molecule has 2 N–H and O–H groups in total. The van der Waals surface area contributed by atoms with Crippen molar-refractivity contribution in [2.75, 3.05) is 5.32 Å². The van der Waals surface area contributed by atoms with Gasteiger partial charge in [0.05, 0.1) is 0 Å². The molecule has 104 valence electrons. The second kappa shape index (κ2) is 6.14. The van der Waals surface area contributed by atoms with Crippen molar-refractivity contribution < 1.29 is 13.6 Å². The van der Waals surface area contributed by atoms with E-state index in [2.05, 4.69) is 10.6 Å². The highest BCUT2D eigenvalue weighted by Gasteiger charge is 2.05. The SMILES string of the molecule is Cc1ccc(CNC(=O)Nc2cc(F)cc(F)c2)cc1. The monoisotopic (exact) mass is 276 g/mol. The Morgan fingerprint density at radius 2 is 1.65 bits per heavy atom. The van der Waals surface area contributed by atoms with Crippen molar-refractivity contribution in [3.05, 3.63) is 65.2 Å². The number of nitrogens with one attached hydrogen (secondary N) is 2. The predicted octanol–water partition coefficient (Wildman–Crippen LogP) is 3.59. The van der Waals surface area contributed by atoms with Crippen molar-refractivity contribution in [1.82, 2.24) is 5.32 Å². The normalized spacial score (nSPS) is 10.2. The van der Waals surface area contributed by atoms with E-state index in [1.54, 1.807) is 0 Å². The van der Waals surface area contributed by atoms with Crippen LogP contribution in [0.15, 0.2) is 42.5 Å². The zero-order valence-corrected chi connectivity index (χ0v) is 10.9. The molecule has 2 rings (SSSR count). The number of amides is 2. The van der Waals surface area contributed by atoms with Gasteiger partial charge in [0.25, 0.3) is 0 Å². The molecule has 2 amide bonds.